The number of hydrogen-bond donors (Lipinski definition) is 0. The number of carbonyl (C=O) groups is 1. The van der Waals surface area contributed by atoms with Crippen molar-refractivity contribution in [3.8, 4) is 0 Å². The summed E-state index contributed by atoms with van der Waals surface area (Å²) < 4.78 is 5.86. The van der Waals surface area contributed by atoms with Crippen LogP contribution in [0.3, 0.4) is 0 Å². The molecule has 2 heteroatoms. The minimum Gasteiger partial charge on any atom is -0.460 e. The number of hydrogen-bond acceptors (Lipinski definition) is 2. The van der Waals surface area contributed by atoms with Gasteiger partial charge in [0, 0.05) is 17.3 Å². The molecule has 0 spiro atoms. The minimum atomic E-state index is -0.207. The summed E-state index contributed by atoms with van der Waals surface area (Å²) in [5, 5.41) is 0. The van der Waals surface area contributed by atoms with E-state index in [0.717, 1.165) is 24.2 Å². The molecular weight excluding hydrogens is 224 g/mol. The van der Waals surface area contributed by atoms with Crippen LogP contribution in [0.25, 0.3) is 0 Å². The van der Waals surface area contributed by atoms with Crippen LogP contribution in [0.15, 0.2) is 0 Å². The lowest BCUT2D eigenvalue weighted by Crippen LogP contribution is -2.67. The van der Waals surface area contributed by atoms with E-state index in [1.54, 1.807) is 0 Å². The maximum Gasteiger partial charge on any atom is 0.293 e. The fraction of sp³-hybridized carbons (Fsp3) is 0.938. The molecule has 0 aliphatic heterocycles. The monoisotopic (exact) mass is 250 g/mol. The van der Waals surface area contributed by atoms with Gasteiger partial charge in [-0.25, -0.2) is 0 Å². The highest BCUT2D eigenvalue weighted by molar-refractivity contribution is 5.40. The van der Waals surface area contributed by atoms with Crippen molar-refractivity contribution in [2.45, 2.75) is 59.0 Å². The van der Waals surface area contributed by atoms with Crippen LogP contribution in [0.2, 0.25) is 0 Å². The van der Waals surface area contributed by atoms with Crippen molar-refractivity contribution < 1.29 is 9.53 Å². The summed E-state index contributed by atoms with van der Waals surface area (Å²) in [6.07, 6.45) is 5.26. The van der Waals surface area contributed by atoms with E-state index >= 15 is 0 Å². The first-order valence-electron chi connectivity index (χ1n) is 7.51. The van der Waals surface area contributed by atoms with Gasteiger partial charge in [-0.05, 0) is 43.4 Å². The molecule has 4 aliphatic rings. The number of carbonyl (C=O) groups excluding carboxylic acids is 1. The maximum absolute atomic E-state index is 11.1. The molecule has 0 aromatic carbocycles. The molecule has 0 aromatic rings. The molecule has 4 bridgehead atoms. The Bertz CT molecular complexity index is 357. The van der Waals surface area contributed by atoms with Crippen LogP contribution in [0.5, 0.6) is 0 Å². The molecule has 102 valence electrons. The summed E-state index contributed by atoms with van der Waals surface area (Å²) in [5.41, 5.74) is -0.160. The van der Waals surface area contributed by atoms with E-state index in [-0.39, 0.29) is 11.0 Å². The molecule has 4 saturated carbocycles. The van der Waals surface area contributed by atoms with Gasteiger partial charge in [0.05, 0.1) is 0 Å². The molecule has 0 N–H and O–H groups in total. The van der Waals surface area contributed by atoms with Crippen LogP contribution in [0, 0.1) is 35.0 Å². The normalized spacial score (nSPS) is 50.3. The third-order valence-corrected chi connectivity index (χ3v) is 6.38. The first-order valence-corrected chi connectivity index (χ1v) is 7.51. The topological polar surface area (TPSA) is 26.3 Å². The van der Waals surface area contributed by atoms with E-state index in [0.29, 0.717) is 11.8 Å². The van der Waals surface area contributed by atoms with Crippen LogP contribution in [-0.2, 0) is 9.53 Å². The van der Waals surface area contributed by atoms with Crippen LogP contribution in [0.4, 0.5) is 0 Å². The van der Waals surface area contributed by atoms with Crippen molar-refractivity contribution in [3.63, 3.8) is 0 Å². The second-order valence-corrected chi connectivity index (χ2v) is 7.99. The standard InChI is InChI=1S/C16H26O2/c1-10-12-5-11-6-13(8-12)16(18-9-17,14(10)7-11)15(2,3)4/h9-14H,5-8H2,1-4H3. The Hall–Kier alpha value is -0.530. The van der Waals surface area contributed by atoms with E-state index in [9.17, 15) is 4.79 Å². The van der Waals surface area contributed by atoms with E-state index in [1.165, 1.54) is 25.7 Å². The van der Waals surface area contributed by atoms with Crippen LogP contribution < -0.4 is 0 Å². The lowest BCUT2D eigenvalue weighted by Gasteiger charge is -2.66. The third kappa shape index (κ3) is 1.38. The van der Waals surface area contributed by atoms with E-state index in [2.05, 4.69) is 27.7 Å². The highest BCUT2D eigenvalue weighted by Crippen LogP contribution is 2.65. The molecule has 0 amide bonds. The highest BCUT2D eigenvalue weighted by Gasteiger charge is 2.65. The van der Waals surface area contributed by atoms with E-state index in [1.807, 2.05) is 0 Å². The zero-order chi connectivity index (χ0) is 13.1. The zero-order valence-electron chi connectivity index (χ0n) is 12.1. The Labute approximate surface area is 110 Å². The molecule has 2 nitrogen and oxygen atoms in total. The third-order valence-electron chi connectivity index (χ3n) is 6.38. The van der Waals surface area contributed by atoms with Crippen LogP contribution in [0.1, 0.15) is 53.4 Å². The molecule has 0 aromatic heterocycles. The van der Waals surface area contributed by atoms with Crippen molar-refractivity contribution in [2.75, 3.05) is 0 Å². The van der Waals surface area contributed by atoms with Gasteiger partial charge >= 0.3 is 0 Å². The second kappa shape index (κ2) is 3.74. The first-order chi connectivity index (χ1) is 8.40. The van der Waals surface area contributed by atoms with Gasteiger partial charge in [-0.3, -0.25) is 4.79 Å². The Morgan fingerprint density at radius 1 is 1.17 bits per heavy atom. The quantitative estimate of drug-likeness (QED) is 0.699. The van der Waals surface area contributed by atoms with Gasteiger partial charge in [0.15, 0.2) is 0 Å². The fourth-order valence-corrected chi connectivity index (χ4v) is 5.84. The smallest absolute Gasteiger partial charge is 0.293 e. The molecule has 4 aliphatic carbocycles. The van der Waals surface area contributed by atoms with Gasteiger partial charge in [0.2, 0.25) is 0 Å². The minimum absolute atomic E-state index is 0.0464. The van der Waals surface area contributed by atoms with Crippen molar-refractivity contribution in [3.05, 3.63) is 0 Å². The predicted octanol–water partition coefficient (Wildman–Crippen LogP) is 3.65. The summed E-state index contributed by atoms with van der Waals surface area (Å²) in [6, 6.07) is 0. The average Bonchev–Trinajstić information content (AvgIpc) is 2.28. The molecule has 6 unspecified atom stereocenters. The second-order valence-electron chi connectivity index (χ2n) is 7.99. The molecule has 18 heavy (non-hydrogen) atoms. The molecule has 0 radical (unpaired) electrons. The molecule has 6 atom stereocenters. The van der Waals surface area contributed by atoms with Gasteiger partial charge in [-0.15, -0.1) is 0 Å². The summed E-state index contributed by atoms with van der Waals surface area (Å²) in [7, 11) is 0. The van der Waals surface area contributed by atoms with Gasteiger partial charge in [0.1, 0.15) is 5.60 Å². The molecule has 4 rings (SSSR count). The van der Waals surface area contributed by atoms with Crippen molar-refractivity contribution in [1.82, 2.24) is 0 Å². The lowest BCUT2D eigenvalue weighted by atomic mass is 9.42. The van der Waals surface area contributed by atoms with E-state index < -0.39 is 0 Å². The Kier molecular flexibility index (Phi) is 2.60. The van der Waals surface area contributed by atoms with Crippen molar-refractivity contribution >= 4 is 6.47 Å². The summed E-state index contributed by atoms with van der Waals surface area (Å²) in [5.74, 6) is 3.69. The van der Waals surface area contributed by atoms with Crippen LogP contribution >= 0.6 is 0 Å². The molecule has 4 fully saturated rings. The Morgan fingerprint density at radius 3 is 2.50 bits per heavy atom. The number of ether oxygens (including phenoxy) is 1. The summed E-state index contributed by atoms with van der Waals surface area (Å²) in [4.78, 5) is 11.1. The van der Waals surface area contributed by atoms with Crippen molar-refractivity contribution in [2.24, 2.45) is 35.0 Å². The van der Waals surface area contributed by atoms with Gasteiger partial charge in [0.25, 0.3) is 6.47 Å². The lowest BCUT2D eigenvalue weighted by molar-refractivity contribution is -0.251. The van der Waals surface area contributed by atoms with Gasteiger partial charge in [-0.1, -0.05) is 27.7 Å². The molecule has 0 saturated heterocycles. The van der Waals surface area contributed by atoms with Gasteiger partial charge in [-0.2, -0.15) is 0 Å². The Balaban J connectivity index is 2.06. The number of rotatable bonds is 2. The average molecular weight is 250 g/mol. The van der Waals surface area contributed by atoms with Crippen LogP contribution in [-0.4, -0.2) is 12.1 Å². The Morgan fingerprint density at radius 2 is 1.89 bits per heavy atom. The SMILES string of the molecule is CC1C2CC3CC(C2)C(OC=O)(C(C)(C)C)C1C3. The largest absolute Gasteiger partial charge is 0.460 e. The van der Waals surface area contributed by atoms with Crippen molar-refractivity contribution in [1.29, 1.82) is 0 Å². The fourth-order valence-electron chi connectivity index (χ4n) is 5.84. The summed E-state index contributed by atoms with van der Waals surface area (Å²) in [6.45, 7) is 9.88. The predicted molar refractivity (Wildman–Crippen MR) is 70.9 cm³/mol. The first kappa shape index (κ1) is 12.5. The molecule has 0 heterocycles. The van der Waals surface area contributed by atoms with Gasteiger partial charge < -0.3 is 4.74 Å². The maximum atomic E-state index is 11.1. The summed E-state index contributed by atoms with van der Waals surface area (Å²) >= 11 is 0. The highest BCUT2D eigenvalue weighted by atomic mass is 16.5. The van der Waals surface area contributed by atoms with E-state index in [4.69, 9.17) is 4.74 Å². The zero-order valence-corrected chi connectivity index (χ0v) is 12.1. The molecular formula is C16H26O2.